The summed E-state index contributed by atoms with van der Waals surface area (Å²) in [4.78, 5) is 11.4. The van der Waals surface area contributed by atoms with Crippen molar-refractivity contribution in [2.45, 2.75) is 6.42 Å². The molecule has 0 unspecified atom stereocenters. The SMILES string of the molecule is COc1c(Cc2ccccc2)cc(Cl)cc1C(=O)Cl. The van der Waals surface area contributed by atoms with Crippen molar-refractivity contribution in [3.63, 3.8) is 0 Å². The number of rotatable bonds is 4. The maximum absolute atomic E-state index is 11.4. The molecule has 2 rings (SSSR count). The highest BCUT2D eigenvalue weighted by Gasteiger charge is 2.16. The van der Waals surface area contributed by atoms with Crippen LogP contribution in [0.5, 0.6) is 5.75 Å². The number of hydrogen-bond acceptors (Lipinski definition) is 2. The Bertz CT molecular complexity index is 595. The van der Waals surface area contributed by atoms with Gasteiger partial charge in [-0.25, -0.2) is 0 Å². The van der Waals surface area contributed by atoms with Crippen molar-refractivity contribution in [1.29, 1.82) is 0 Å². The predicted molar refractivity (Wildman–Crippen MR) is 77.4 cm³/mol. The lowest BCUT2D eigenvalue weighted by Crippen LogP contribution is -2.01. The Hall–Kier alpha value is -1.51. The maximum atomic E-state index is 11.4. The molecular formula is C15H12Cl2O2. The van der Waals surface area contributed by atoms with Gasteiger partial charge >= 0.3 is 0 Å². The third-order valence-corrected chi connectivity index (χ3v) is 3.21. The summed E-state index contributed by atoms with van der Waals surface area (Å²) in [6.07, 6.45) is 0.627. The minimum atomic E-state index is -0.575. The second-order valence-corrected chi connectivity index (χ2v) is 4.86. The van der Waals surface area contributed by atoms with Crippen LogP contribution in [0, 0.1) is 0 Å². The van der Waals surface area contributed by atoms with Gasteiger partial charge in [0.05, 0.1) is 12.7 Å². The van der Waals surface area contributed by atoms with Crippen LogP contribution >= 0.6 is 23.2 Å². The molecule has 0 aliphatic carbocycles. The van der Waals surface area contributed by atoms with Gasteiger partial charge in [0.1, 0.15) is 5.75 Å². The number of carbonyl (C=O) groups is 1. The first-order chi connectivity index (χ1) is 9.11. The summed E-state index contributed by atoms with van der Waals surface area (Å²) >= 11 is 11.6. The molecule has 0 N–H and O–H groups in total. The fraction of sp³-hybridized carbons (Fsp3) is 0.133. The van der Waals surface area contributed by atoms with Crippen LogP contribution < -0.4 is 4.74 Å². The molecule has 19 heavy (non-hydrogen) atoms. The van der Waals surface area contributed by atoms with Crippen molar-refractivity contribution >= 4 is 28.4 Å². The molecule has 98 valence electrons. The molecule has 2 nitrogen and oxygen atoms in total. The molecule has 0 saturated carbocycles. The Morgan fingerprint density at radius 2 is 1.89 bits per heavy atom. The van der Waals surface area contributed by atoms with E-state index < -0.39 is 5.24 Å². The lowest BCUT2D eigenvalue weighted by atomic mass is 10.0. The third-order valence-electron chi connectivity index (χ3n) is 2.78. The maximum Gasteiger partial charge on any atom is 0.256 e. The Labute approximate surface area is 121 Å². The fourth-order valence-electron chi connectivity index (χ4n) is 1.98. The third kappa shape index (κ3) is 3.28. The van der Waals surface area contributed by atoms with Crippen molar-refractivity contribution in [3.8, 4) is 5.75 Å². The molecule has 0 heterocycles. The highest BCUT2D eigenvalue weighted by molar-refractivity contribution is 6.68. The van der Waals surface area contributed by atoms with Crippen LogP contribution in [0.2, 0.25) is 5.02 Å². The van der Waals surface area contributed by atoms with Gasteiger partial charge in [0.25, 0.3) is 5.24 Å². The van der Waals surface area contributed by atoms with Crippen LogP contribution in [0.15, 0.2) is 42.5 Å². The van der Waals surface area contributed by atoms with E-state index >= 15 is 0 Å². The summed E-state index contributed by atoms with van der Waals surface area (Å²) in [6.45, 7) is 0. The lowest BCUT2D eigenvalue weighted by Gasteiger charge is -2.12. The van der Waals surface area contributed by atoms with E-state index in [1.54, 1.807) is 6.07 Å². The normalized spacial score (nSPS) is 10.3. The second-order valence-electron chi connectivity index (χ2n) is 4.08. The Kier molecular flexibility index (Phi) is 4.46. The van der Waals surface area contributed by atoms with Crippen LogP contribution in [-0.2, 0) is 6.42 Å². The number of methoxy groups -OCH3 is 1. The number of hydrogen-bond donors (Lipinski definition) is 0. The molecule has 0 aromatic heterocycles. The molecule has 0 spiro atoms. The molecule has 0 bridgehead atoms. The van der Waals surface area contributed by atoms with Crippen LogP contribution in [0.1, 0.15) is 21.5 Å². The summed E-state index contributed by atoms with van der Waals surface area (Å²) in [6, 6.07) is 13.2. The van der Waals surface area contributed by atoms with E-state index in [-0.39, 0.29) is 0 Å². The zero-order chi connectivity index (χ0) is 13.8. The van der Waals surface area contributed by atoms with E-state index in [0.29, 0.717) is 22.8 Å². The summed E-state index contributed by atoms with van der Waals surface area (Å²) < 4.78 is 5.30. The zero-order valence-corrected chi connectivity index (χ0v) is 11.8. The van der Waals surface area contributed by atoms with E-state index in [4.69, 9.17) is 27.9 Å². The van der Waals surface area contributed by atoms with Crippen molar-refractivity contribution in [1.82, 2.24) is 0 Å². The Morgan fingerprint density at radius 1 is 1.21 bits per heavy atom. The molecule has 2 aromatic carbocycles. The molecular weight excluding hydrogens is 283 g/mol. The van der Waals surface area contributed by atoms with Gasteiger partial charge in [-0.15, -0.1) is 0 Å². The topological polar surface area (TPSA) is 26.3 Å². The number of benzene rings is 2. The minimum Gasteiger partial charge on any atom is -0.496 e. The van der Waals surface area contributed by atoms with E-state index in [9.17, 15) is 4.79 Å². The van der Waals surface area contributed by atoms with E-state index in [0.717, 1.165) is 11.1 Å². The van der Waals surface area contributed by atoms with Gasteiger partial charge in [0.2, 0.25) is 0 Å². The summed E-state index contributed by atoms with van der Waals surface area (Å²) in [5.74, 6) is 0.480. The highest BCUT2D eigenvalue weighted by atomic mass is 35.5. The number of halogens is 2. The average molecular weight is 295 g/mol. The van der Waals surface area contributed by atoms with Crippen LogP contribution in [-0.4, -0.2) is 12.4 Å². The van der Waals surface area contributed by atoms with Gasteiger partial charge in [-0.1, -0.05) is 41.9 Å². The van der Waals surface area contributed by atoms with Gasteiger partial charge in [0.15, 0.2) is 0 Å². The zero-order valence-electron chi connectivity index (χ0n) is 10.3. The summed E-state index contributed by atoms with van der Waals surface area (Å²) in [5.41, 5.74) is 2.24. The van der Waals surface area contributed by atoms with E-state index in [2.05, 4.69) is 0 Å². The van der Waals surface area contributed by atoms with Gasteiger partial charge in [-0.2, -0.15) is 0 Å². The Morgan fingerprint density at radius 3 is 2.47 bits per heavy atom. The molecule has 0 aliphatic heterocycles. The highest BCUT2D eigenvalue weighted by Crippen LogP contribution is 2.31. The minimum absolute atomic E-state index is 0.294. The quantitative estimate of drug-likeness (QED) is 0.785. The van der Waals surface area contributed by atoms with Gasteiger partial charge < -0.3 is 4.74 Å². The van der Waals surface area contributed by atoms with Gasteiger partial charge in [-0.3, -0.25) is 4.79 Å². The smallest absolute Gasteiger partial charge is 0.256 e. The first-order valence-electron chi connectivity index (χ1n) is 5.72. The van der Waals surface area contributed by atoms with Crippen molar-refractivity contribution < 1.29 is 9.53 Å². The second kappa shape index (κ2) is 6.09. The van der Waals surface area contributed by atoms with Gasteiger partial charge in [0, 0.05) is 17.0 Å². The monoisotopic (exact) mass is 294 g/mol. The van der Waals surface area contributed by atoms with Gasteiger partial charge in [-0.05, 0) is 29.3 Å². The molecule has 4 heteroatoms. The first kappa shape index (κ1) is 13.9. The standard InChI is InChI=1S/C15H12Cl2O2/c1-19-14-11(7-10-5-3-2-4-6-10)8-12(16)9-13(14)15(17)18/h2-6,8-9H,7H2,1H3. The predicted octanol–water partition coefficient (Wildman–Crippen LogP) is 4.32. The average Bonchev–Trinajstić information content (AvgIpc) is 2.39. The molecule has 0 atom stereocenters. The van der Waals surface area contributed by atoms with Crippen molar-refractivity contribution in [2.75, 3.05) is 7.11 Å². The largest absolute Gasteiger partial charge is 0.496 e. The van der Waals surface area contributed by atoms with E-state index in [1.165, 1.54) is 13.2 Å². The van der Waals surface area contributed by atoms with Crippen LogP contribution in [0.25, 0.3) is 0 Å². The molecule has 2 aromatic rings. The number of ether oxygens (including phenoxy) is 1. The first-order valence-corrected chi connectivity index (χ1v) is 6.47. The summed E-state index contributed by atoms with van der Waals surface area (Å²) in [5, 5.41) is -0.107. The van der Waals surface area contributed by atoms with Crippen LogP contribution in [0.4, 0.5) is 0 Å². The summed E-state index contributed by atoms with van der Waals surface area (Å²) in [7, 11) is 1.51. The van der Waals surface area contributed by atoms with Crippen LogP contribution in [0.3, 0.4) is 0 Å². The molecule has 0 fully saturated rings. The molecule has 0 radical (unpaired) electrons. The van der Waals surface area contributed by atoms with Crippen molar-refractivity contribution in [2.24, 2.45) is 0 Å². The molecule has 0 saturated heterocycles. The lowest BCUT2D eigenvalue weighted by molar-refractivity contribution is 0.107. The number of carbonyl (C=O) groups excluding carboxylic acids is 1. The molecule has 0 amide bonds. The molecule has 0 aliphatic rings. The fourth-order valence-corrected chi connectivity index (χ4v) is 2.37. The van der Waals surface area contributed by atoms with Crippen molar-refractivity contribution in [3.05, 3.63) is 64.2 Å². The Balaban J connectivity index is 2.47. The van der Waals surface area contributed by atoms with E-state index in [1.807, 2.05) is 30.3 Å².